The second-order valence-corrected chi connectivity index (χ2v) is 8.42. The Hall–Kier alpha value is -2.86. The molecule has 29 heavy (non-hydrogen) atoms. The summed E-state index contributed by atoms with van der Waals surface area (Å²) in [5.74, 6) is 0. The van der Waals surface area contributed by atoms with E-state index >= 15 is 0 Å². The predicted octanol–water partition coefficient (Wildman–Crippen LogP) is 4.34. The number of likely N-dealkylation sites (N-methyl/N-ethyl adjacent to an activating group) is 1. The van der Waals surface area contributed by atoms with Crippen LogP contribution in [-0.2, 0) is 13.0 Å². The molecule has 6 heteroatoms. The van der Waals surface area contributed by atoms with Crippen LogP contribution in [0.15, 0.2) is 30.6 Å². The summed E-state index contributed by atoms with van der Waals surface area (Å²) in [5.41, 5.74) is 8.14. The van der Waals surface area contributed by atoms with Crippen molar-refractivity contribution in [2.24, 2.45) is 0 Å². The Balaban J connectivity index is 1.66. The summed E-state index contributed by atoms with van der Waals surface area (Å²) in [6.07, 6.45) is 5.89. The molecule has 0 aliphatic carbocycles. The number of aromatic nitrogens is 2. The fraction of sp³-hybridized carbons (Fsp3) is 0.391. The first-order valence-electron chi connectivity index (χ1n) is 10.3. The molecule has 1 saturated heterocycles. The Kier molecular flexibility index (Phi) is 4.32. The topological polar surface area (TPSA) is 72.5 Å². The number of amides is 1. The Bertz CT molecular complexity index is 1100. The normalized spacial score (nSPS) is 19.7. The molecule has 2 aromatic heterocycles. The minimum Gasteiger partial charge on any atom is -0.465 e. The van der Waals surface area contributed by atoms with E-state index in [1.54, 1.807) is 4.90 Å². The summed E-state index contributed by atoms with van der Waals surface area (Å²) in [6, 6.07) is 6.64. The molecule has 0 radical (unpaired) electrons. The monoisotopic (exact) mass is 390 g/mol. The zero-order chi connectivity index (χ0) is 20.1. The van der Waals surface area contributed by atoms with Gasteiger partial charge in [-0.15, -0.1) is 0 Å². The van der Waals surface area contributed by atoms with Gasteiger partial charge in [-0.05, 0) is 73.2 Å². The van der Waals surface area contributed by atoms with Crippen LogP contribution in [-0.4, -0.2) is 51.1 Å². The van der Waals surface area contributed by atoms with Crippen molar-refractivity contribution in [2.75, 3.05) is 20.1 Å². The molecule has 2 N–H and O–H groups in total. The number of carbonyl (C=O) groups is 1. The van der Waals surface area contributed by atoms with E-state index in [-0.39, 0.29) is 6.04 Å². The van der Waals surface area contributed by atoms with Crippen LogP contribution in [0.3, 0.4) is 0 Å². The minimum atomic E-state index is -0.818. The molecule has 0 bridgehead atoms. The fourth-order valence-corrected chi connectivity index (χ4v) is 4.91. The standard InChI is InChI=1S/C23H26N4O2/c1-14-11-24-22-18(14)10-17(12-25-22)16-8-15-5-7-26(2)13-20(15)19(9-16)21-4-3-6-27(21)23(28)29/h8-12,21H,3-7,13H2,1-2H3,(H,24,25)(H,28,29). The average molecular weight is 390 g/mol. The zero-order valence-electron chi connectivity index (χ0n) is 16.9. The van der Waals surface area contributed by atoms with Crippen molar-refractivity contribution >= 4 is 17.1 Å². The molecule has 150 valence electrons. The van der Waals surface area contributed by atoms with Gasteiger partial charge in [0.05, 0.1) is 6.04 Å². The van der Waals surface area contributed by atoms with Crippen molar-refractivity contribution in [3.05, 3.63) is 52.8 Å². The second-order valence-electron chi connectivity index (χ2n) is 8.42. The van der Waals surface area contributed by atoms with Crippen LogP contribution in [0.4, 0.5) is 4.79 Å². The molecule has 5 rings (SSSR count). The summed E-state index contributed by atoms with van der Waals surface area (Å²) in [6.45, 7) is 4.60. The molecule has 4 heterocycles. The molecule has 2 aliphatic heterocycles. The lowest BCUT2D eigenvalue weighted by Gasteiger charge is -2.32. The number of rotatable bonds is 2. The third-order valence-electron chi connectivity index (χ3n) is 6.50. The fourth-order valence-electron chi connectivity index (χ4n) is 4.91. The molecule has 0 saturated carbocycles. The van der Waals surface area contributed by atoms with Crippen molar-refractivity contribution in [1.29, 1.82) is 0 Å². The number of aryl methyl sites for hydroxylation is 1. The molecular formula is C23H26N4O2. The summed E-state index contributed by atoms with van der Waals surface area (Å²) >= 11 is 0. The van der Waals surface area contributed by atoms with Gasteiger partial charge in [0.15, 0.2) is 0 Å². The zero-order valence-corrected chi connectivity index (χ0v) is 16.9. The van der Waals surface area contributed by atoms with E-state index in [1.165, 1.54) is 22.3 Å². The van der Waals surface area contributed by atoms with Crippen molar-refractivity contribution in [3.63, 3.8) is 0 Å². The van der Waals surface area contributed by atoms with Gasteiger partial charge >= 0.3 is 6.09 Å². The van der Waals surface area contributed by atoms with E-state index in [9.17, 15) is 9.90 Å². The molecule has 2 aliphatic rings. The van der Waals surface area contributed by atoms with Crippen LogP contribution in [0.25, 0.3) is 22.2 Å². The van der Waals surface area contributed by atoms with Gasteiger partial charge in [-0.25, -0.2) is 9.78 Å². The lowest BCUT2D eigenvalue weighted by molar-refractivity contribution is 0.140. The van der Waals surface area contributed by atoms with Gasteiger partial charge in [-0.2, -0.15) is 0 Å². The number of carboxylic acid groups (broad SMARTS) is 1. The lowest BCUT2D eigenvalue weighted by Crippen LogP contribution is -2.32. The number of fused-ring (bicyclic) bond motifs is 2. The smallest absolute Gasteiger partial charge is 0.407 e. The molecule has 6 nitrogen and oxygen atoms in total. The van der Waals surface area contributed by atoms with Crippen LogP contribution in [0.2, 0.25) is 0 Å². The number of benzene rings is 1. The van der Waals surface area contributed by atoms with Gasteiger partial charge in [-0.1, -0.05) is 6.07 Å². The van der Waals surface area contributed by atoms with Crippen molar-refractivity contribution < 1.29 is 9.90 Å². The Morgan fingerprint density at radius 3 is 2.93 bits per heavy atom. The van der Waals surface area contributed by atoms with Crippen molar-refractivity contribution in [3.8, 4) is 11.1 Å². The van der Waals surface area contributed by atoms with E-state index in [0.29, 0.717) is 6.54 Å². The van der Waals surface area contributed by atoms with Crippen molar-refractivity contribution in [2.45, 2.75) is 38.8 Å². The van der Waals surface area contributed by atoms with E-state index in [0.717, 1.165) is 54.5 Å². The molecule has 1 unspecified atom stereocenters. The highest BCUT2D eigenvalue weighted by Crippen LogP contribution is 2.39. The van der Waals surface area contributed by atoms with Crippen LogP contribution in [0.1, 0.15) is 41.1 Å². The Labute approximate surface area is 170 Å². The van der Waals surface area contributed by atoms with Gasteiger partial charge in [0, 0.05) is 43.0 Å². The maximum Gasteiger partial charge on any atom is 0.407 e. The summed E-state index contributed by atoms with van der Waals surface area (Å²) in [7, 11) is 2.14. The maximum absolute atomic E-state index is 11.8. The summed E-state index contributed by atoms with van der Waals surface area (Å²) < 4.78 is 0. The van der Waals surface area contributed by atoms with Crippen LogP contribution >= 0.6 is 0 Å². The molecule has 1 aromatic carbocycles. The number of H-pyrrole nitrogens is 1. The lowest BCUT2D eigenvalue weighted by atomic mass is 9.87. The highest BCUT2D eigenvalue weighted by molar-refractivity contribution is 5.84. The third kappa shape index (κ3) is 3.08. The van der Waals surface area contributed by atoms with E-state index in [2.05, 4.69) is 47.0 Å². The number of nitrogens with one attached hydrogen (secondary N) is 1. The number of nitrogens with zero attached hydrogens (tertiary/aromatic N) is 3. The number of hydrogen-bond donors (Lipinski definition) is 2. The Morgan fingerprint density at radius 1 is 1.24 bits per heavy atom. The van der Waals surface area contributed by atoms with Gasteiger partial charge in [0.1, 0.15) is 5.65 Å². The van der Waals surface area contributed by atoms with Gasteiger partial charge in [-0.3, -0.25) is 0 Å². The largest absolute Gasteiger partial charge is 0.465 e. The van der Waals surface area contributed by atoms with Gasteiger partial charge in [0.25, 0.3) is 0 Å². The van der Waals surface area contributed by atoms with Gasteiger partial charge < -0.3 is 19.9 Å². The number of aromatic amines is 1. The minimum absolute atomic E-state index is 0.0571. The molecular weight excluding hydrogens is 364 g/mol. The SMILES string of the molecule is Cc1c[nH]c2ncc(-c3cc4c(c(C5CCCN5C(=O)O)c3)CN(C)CC4)cc12. The maximum atomic E-state index is 11.8. The average Bonchev–Trinajstić information content (AvgIpc) is 3.34. The molecule has 1 atom stereocenters. The number of likely N-dealkylation sites (tertiary alicyclic amines) is 1. The van der Waals surface area contributed by atoms with E-state index in [1.807, 2.05) is 12.4 Å². The Morgan fingerprint density at radius 2 is 2.10 bits per heavy atom. The highest BCUT2D eigenvalue weighted by Gasteiger charge is 2.33. The molecule has 0 spiro atoms. The first-order valence-corrected chi connectivity index (χ1v) is 10.3. The van der Waals surface area contributed by atoms with E-state index in [4.69, 9.17) is 0 Å². The van der Waals surface area contributed by atoms with Gasteiger partial charge in [0.2, 0.25) is 0 Å². The van der Waals surface area contributed by atoms with E-state index < -0.39 is 6.09 Å². The summed E-state index contributed by atoms with van der Waals surface area (Å²) in [5, 5.41) is 10.8. The van der Waals surface area contributed by atoms with Crippen molar-refractivity contribution in [1.82, 2.24) is 19.8 Å². The number of hydrogen-bond acceptors (Lipinski definition) is 3. The first kappa shape index (κ1) is 18.2. The number of pyridine rings is 1. The summed E-state index contributed by atoms with van der Waals surface area (Å²) in [4.78, 5) is 23.6. The van der Waals surface area contributed by atoms with Crippen LogP contribution in [0, 0.1) is 6.92 Å². The second kappa shape index (κ2) is 6.88. The molecule has 3 aromatic rings. The molecule has 1 fully saturated rings. The quantitative estimate of drug-likeness (QED) is 0.683. The predicted molar refractivity (Wildman–Crippen MR) is 113 cm³/mol. The van der Waals surface area contributed by atoms with Crippen LogP contribution in [0.5, 0.6) is 0 Å². The highest BCUT2D eigenvalue weighted by atomic mass is 16.4. The third-order valence-corrected chi connectivity index (χ3v) is 6.50. The molecule has 1 amide bonds. The van der Waals surface area contributed by atoms with Crippen LogP contribution < -0.4 is 0 Å². The first-order chi connectivity index (χ1) is 14.0.